The average molecular weight is 702 g/mol. The molecule has 0 spiro atoms. The molecule has 50 heavy (non-hydrogen) atoms. The molecule has 4 aromatic rings. The molecule has 1 N–H and O–H groups in total. The molecule has 4 rings (SSSR count). The number of nitrogens with zero attached hydrogens (tertiary/aromatic N) is 2. The molecule has 0 aliphatic heterocycles. The van der Waals surface area contributed by atoms with Crippen LogP contribution in [0.25, 0.3) is 0 Å². The Morgan fingerprint density at radius 2 is 1.50 bits per heavy atom. The van der Waals surface area contributed by atoms with Crippen LogP contribution < -0.4 is 23.8 Å². The number of carbonyl (C=O) groups is 2. The third-order valence-corrected chi connectivity index (χ3v) is 10.3. The fourth-order valence-electron chi connectivity index (χ4n) is 5.47. The lowest BCUT2D eigenvalue weighted by molar-refractivity contribution is -0.140. The van der Waals surface area contributed by atoms with Gasteiger partial charge in [-0.1, -0.05) is 61.5 Å². The monoisotopic (exact) mass is 701 g/mol. The van der Waals surface area contributed by atoms with Gasteiger partial charge in [-0.2, -0.15) is 0 Å². The molecular formula is C39H47N3O7S. The number of nitrogens with one attached hydrogen (secondary N) is 1. The van der Waals surface area contributed by atoms with Crippen LogP contribution in [-0.4, -0.2) is 64.6 Å². The van der Waals surface area contributed by atoms with Crippen LogP contribution in [0.4, 0.5) is 5.69 Å². The molecule has 10 nitrogen and oxygen atoms in total. The number of benzene rings is 4. The summed E-state index contributed by atoms with van der Waals surface area (Å²) in [4.78, 5) is 30.2. The van der Waals surface area contributed by atoms with Crippen molar-refractivity contribution in [1.29, 1.82) is 0 Å². The summed E-state index contributed by atoms with van der Waals surface area (Å²) in [5.74, 6) is 0.261. The van der Waals surface area contributed by atoms with Gasteiger partial charge in [0.25, 0.3) is 10.0 Å². The van der Waals surface area contributed by atoms with E-state index in [2.05, 4.69) is 5.32 Å². The zero-order valence-corrected chi connectivity index (χ0v) is 30.4. The van der Waals surface area contributed by atoms with Gasteiger partial charge in [-0.05, 0) is 80.3 Å². The molecule has 11 heteroatoms. The maximum atomic E-state index is 14.8. The van der Waals surface area contributed by atoms with Gasteiger partial charge in [0.05, 0.1) is 31.4 Å². The summed E-state index contributed by atoms with van der Waals surface area (Å²) in [6.07, 6.45) is 0.927. The zero-order valence-electron chi connectivity index (χ0n) is 29.6. The summed E-state index contributed by atoms with van der Waals surface area (Å²) in [7, 11) is -1.48. The molecule has 0 heterocycles. The highest BCUT2D eigenvalue weighted by Crippen LogP contribution is 2.33. The minimum Gasteiger partial charge on any atom is -0.494 e. The van der Waals surface area contributed by atoms with Crippen LogP contribution in [0.1, 0.15) is 43.9 Å². The van der Waals surface area contributed by atoms with Gasteiger partial charge < -0.3 is 24.4 Å². The van der Waals surface area contributed by atoms with Crippen LogP contribution in [0, 0.1) is 6.92 Å². The van der Waals surface area contributed by atoms with Gasteiger partial charge in [-0.3, -0.25) is 13.9 Å². The number of anilines is 1. The van der Waals surface area contributed by atoms with E-state index in [1.807, 2.05) is 82.3 Å². The van der Waals surface area contributed by atoms with E-state index in [4.69, 9.17) is 14.2 Å². The van der Waals surface area contributed by atoms with E-state index in [9.17, 15) is 18.0 Å². The van der Waals surface area contributed by atoms with E-state index in [-0.39, 0.29) is 41.2 Å². The fourth-order valence-corrected chi connectivity index (χ4v) is 6.90. The van der Waals surface area contributed by atoms with Crippen molar-refractivity contribution in [3.8, 4) is 17.2 Å². The molecule has 0 unspecified atom stereocenters. The summed E-state index contributed by atoms with van der Waals surface area (Å²) >= 11 is 0. The number of sulfonamides is 1. The van der Waals surface area contributed by atoms with Crippen molar-refractivity contribution in [2.45, 2.75) is 64.1 Å². The van der Waals surface area contributed by atoms with Crippen molar-refractivity contribution in [2.75, 3.05) is 31.7 Å². The predicted octanol–water partition coefficient (Wildman–Crippen LogP) is 6.16. The first-order chi connectivity index (χ1) is 24.0. The van der Waals surface area contributed by atoms with Gasteiger partial charge in [-0.15, -0.1) is 0 Å². The van der Waals surface area contributed by atoms with Gasteiger partial charge in [0, 0.05) is 25.1 Å². The van der Waals surface area contributed by atoms with E-state index in [1.54, 1.807) is 24.3 Å². The molecule has 2 atom stereocenters. The van der Waals surface area contributed by atoms with Crippen LogP contribution in [-0.2, 0) is 32.6 Å². The zero-order chi connectivity index (χ0) is 36.3. The number of ether oxygens (including phenoxy) is 3. The van der Waals surface area contributed by atoms with Crippen molar-refractivity contribution in [2.24, 2.45) is 0 Å². The minimum atomic E-state index is -4.37. The Morgan fingerprint density at radius 1 is 0.840 bits per heavy atom. The van der Waals surface area contributed by atoms with Crippen LogP contribution in [0.2, 0.25) is 0 Å². The van der Waals surface area contributed by atoms with E-state index in [0.29, 0.717) is 24.5 Å². The highest BCUT2D eigenvalue weighted by atomic mass is 32.2. The van der Waals surface area contributed by atoms with Crippen LogP contribution in [0.5, 0.6) is 17.2 Å². The summed E-state index contributed by atoms with van der Waals surface area (Å²) in [5.41, 5.74) is 2.88. The van der Waals surface area contributed by atoms with E-state index in [1.165, 1.54) is 37.3 Å². The molecule has 0 saturated heterocycles. The lowest BCUT2D eigenvalue weighted by atomic mass is 10.0. The van der Waals surface area contributed by atoms with Crippen molar-refractivity contribution < 1.29 is 32.2 Å². The van der Waals surface area contributed by atoms with E-state index >= 15 is 0 Å². The molecule has 0 radical (unpaired) electrons. The third kappa shape index (κ3) is 9.35. The second-order valence-electron chi connectivity index (χ2n) is 11.9. The number of amides is 2. The van der Waals surface area contributed by atoms with Crippen molar-refractivity contribution in [1.82, 2.24) is 10.2 Å². The molecule has 266 valence electrons. The Balaban J connectivity index is 1.85. The van der Waals surface area contributed by atoms with Gasteiger partial charge in [0.1, 0.15) is 18.3 Å². The lowest BCUT2D eigenvalue weighted by Gasteiger charge is -2.34. The van der Waals surface area contributed by atoms with Gasteiger partial charge in [0.2, 0.25) is 11.8 Å². The quantitative estimate of drug-likeness (QED) is 0.140. The molecule has 0 aromatic heterocycles. The first-order valence-corrected chi connectivity index (χ1v) is 18.1. The van der Waals surface area contributed by atoms with Gasteiger partial charge in [-0.25, -0.2) is 8.42 Å². The van der Waals surface area contributed by atoms with Gasteiger partial charge in [0.15, 0.2) is 11.5 Å². The smallest absolute Gasteiger partial charge is 0.264 e. The number of rotatable bonds is 17. The highest BCUT2D eigenvalue weighted by molar-refractivity contribution is 7.92. The normalized spacial score (nSPS) is 12.4. The Bertz CT molecular complexity index is 1830. The summed E-state index contributed by atoms with van der Waals surface area (Å²) in [6, 6.07) is 26.8. The lowest BCUT2D eigenvalue weighted by Crippen LogP contribution is -2.54. The summed E-state index contributed by atoms with van der Waals surface area (Å²) in [5, 5.41) is 3.06. The van der Waals surface area contributed by atoms with Gasteiger partial charge >= 0.3 is 0 Å². The first kappa shape index (κ1) is 37.8. The van der Waals surface area contributed by atoms with Crippen LogP contribution >= 0.6 is 0 Å². The Labute approximate surface area is 296 Å². The number of hydrogen-bond donors (Lipinski definition) is 1. The van der Waals surface area contributed by atoms with Crippen LogP contribution in [0.15, 0.2) is 102 Å². The molecule has 0 aliphatic carbocycles. The first-order valence-electron chi connectivity index (χ1n) is 16.7. The molecule has 0 bridgehead atoms. The summed E-state index contributed by atoms with van der Waals surface area (Å²) < 4.78 is 46.4. The van der Waals surface area contributed by atoms with Crippen molar-refractivity contribution in [3.05, 3.63) is 114 Å². The van der Waals surface area contributed by atoms with Crippen molar-refractivity contribution >= 4 is 27.5 Å². The standard InChI is InChI=1S/C39H47N3O7S/c1-7-29(4)40-39(44)35(24-30-15-10-9-11-16-30)41(26-31-17-13-12-14-28(31)3)38(43)27-42(32-18-20-33(21-19-32)49-8-2)50(45,46)34-22-23-36(47-5)37(25-34)48-6/h9-23,25,29,35H,7-8,24,26-27H2,1-6H3,(H,40,44)/t29-,35+/m1/s1. The largest absolute Gasteiger partial charge is 0.494 e. The van der Waals surface area contributed by atoms with Crippen molar-refractivity contribution in [3.63, 3.8) is 0 Å². The maximum absolute atomic E-state index is 14.8. The Kier molecular flexibility index (Phi) is 13.3. The molecule has 2 amide bonds. The summed E-state index contributed by atoms with van der Waals surface area (Å²) in [6.45, 7) is 7.61. The van der Waals surface area contributed by atoms with E-state index < -0.39 is 28.5 Å². The number of hydrogen-bond acceptors (Lipinski definition) is 7. The second-order valence-corrected chi connectivity index (χ2v) is 13.8. The Morgan fingerprint density at radius 3 is 2.12 bits per heavy atom. The van der Waals surface area contributed by atoms with E-state index in [0.717, 1.165) is 21.0 Å². The molecular weight excluding hydrogens is 655 g/mol. The number of aryl methyl sites for hydroxylation is 1. The predicted molar refractivity (Wildman–Crippen MR) is 195 cm³/mol. The molecule has 0 saturated carbocycles. The highest BCUT2D eigenvalue weighted by Gasteiger charge is 2.35. The van der Waals surface area contributed by atoms with Crippen LogP contribution in [0.3, 0.4) is 0 Å². The topological polar surface area (TPSA) is 114 Å². The number of methoxy groups -OCH3 is 2. The third-order valence-electron chi connectivity index (χ3n) is 8.53. The average Bonchev–Trinajstić information content (AvgIpc) is 3.13. The Hall–Kier alpha value is -5.03. The minimum absolute atomic E-state index is 0.0878. The number of carbonyl (C=O) groups excluding carboxylic acids is 2. The fraction of sp³-hybridized carbons (Fsp3) is 0.333. The molecule has 0 fully saturated rings. The molecule has 0 aliphatic rings. The second kappa shape index (κ2) is 17.6. The maximum Gasteiger partial charge on any atom is 0.264 e. The SMILES string of the molecule is CCOc1ccc(N(CC(=O)N(Cc2ccccc2C)[C@@H](Cc2ccccc2)C(=O)N[C@H](C)CC)S(=O)(=O)c2ccc(OC)c(OC)c2)cc1. The molecule has 4 aromatic carbocycles.